The number of rotatable bonds is 15. The Labute approximate surface area is 116 Å². The number of unbranched alkanes of at least 4 members (excludes halogenated alkanes) is 11. The van der Waals surface area contributed by atoms with Crippen molar-refractivity contribution in [2.75, 3.05) is 13.2 Å². The summed E-state index contributed by atoms with van der Waals surface area (Å²) in [7, 11) is 0. The molecule has 0 bridgehead atoms. The second-order valence-corrected chi connectivity index (χ2v) is 5.21. The summed E-state index contributed by atoms with van der Waals surface area (Å²) in [4.78, 5) is 0. The van der Waals surface area contributed by atoms with Gasteiger partial charge in [0.1, 0.15) is 0 Å². The zero-order valence-electron chi connectivity index (χ0n) is 12.4. The van der Waals surface area contributed by atoms with Gasteiger partial charge in [-0.25, -0.2) is 0 Å². The maximum Gasteiger partial charge on any atom is 0.0466 e. The third kappa shape index (κ3) is 16.0. The van der Waals surface area contributed by atoms with Gasteiger partial charge in [-0.05, 0) is 12.8 Å². The van der Waals surface area contributed by atoms with Crippen molar-refractivity contribution in [2.45, 2.75) is 83.5 Å². The van der Waals surface area contributed by atoms with Crippen LogP contribution in [-0.2, 0) is 4.74 Å². The predicted molar refractivity (Wildman–Crippen MR) is 81.6 cm³/mol. The molecule has 18 heavy (non-hydrogen) atoms. The van der Waals surface area contributed by atoms with Crippen molar-refractivity contribution in [1.82, 2.24) is 0 Å². The van der Waals surface area contributed by atoms with Gasteiger partial charge in [0, 0.05) is 13.2 Å². The normalized spacial score (nSPS) is 11.0. The van der Waals surface area contributed by atoms with E-state index in [0.717, 1.165) is 26.1 Å². The molecule has 0 aromatic carbocycles. The molecule has 0 heterocycles. The minimum atomic E-state index is 0.949. The Balaban J connectivity index is 2.86. The number of ether oxygens (including phenoxy) is 1. The third-order valence-electron chi connectivity index (χ3n) is 3.33. The van der Waals surface area contributed by atoms with E-state index in [9.17, 15) is 0 Å². The zero-order valence-corrected chi connectivity index (χ0v) is 12.4. The summed E-state index contributed by atoms with van der Waals surface area (Å²) in [6.45, 7) is 9.62. The molecule has 0 spiro atoms. The Bertz CT molecular complexity index is 118. The Morgan fingerprint density at radius 2 is 0.778 bits per heavy atom. The van der Waals surface area contributed by atoms with Crippen molar-refractivity contribution < 1.29 is 4.74 Å². The van der Waals surface area contributed by atoms with Crippen LogP contribution in [0.3, 0.4) is 0 Å². The van der Waals surface area contributed by atoms with Crippen LogP contribution in [-0.4, -0.2) is 13.2 Å². The van der Waals surface area contributed by atoms with Gasteiger partial charge in [0.2, 0.25) is 0 Å². The minimum Gasteiger partial charge on any atom is -0.381 e. The van der Waals surface area contributed by atoms with Gasteiger partial charge >= 0.3 is 0 Å². The number of hydrogen-bond donors (Lipinski definition) is 0. The molecule has 0 aromatic rings. The lowest BCUT2D eigenvalue weighted by Crippen LogP contribution is -1.97. The quantitative estimate of drug-likeness (QED) is 0.338. The highest BCUT2D eigenvalue weighted by Crippen LogP contribution is 2.09. The summed E-state index contributed by atoms with van der Waals surface area (Å²) in [6, 6.07) is 0. The molecule has 0 N–H and O–H groups in total. The molecule has 0 aromatic heterocycles. The summed E-state index contributed by atoms with van der Waals surface area (Å²) in [6.07, 6.45) is 16.8. The highest BCUT2D eigenvalue weighted by atomic mass is 16.5. The van der Waals surface area contributed by atoms with Gasteiger partial charge in [-0.15, -0.1) is 0 Å². The maximum absolute atomic E-state index is 5.61. The van der Waals surface area contributed by atoms with E-state index in [1.807, 2.05) is 0 Å². The first-order chi connectivity index (χ1) is 8.91. The second-order valence-electron chi connectivity index (χ2n) is 5.21. The standard InChI is InChI=1S/C17H34O/c1-3-5-7-9-10-11-12-13-15-17-18-16-14-8-6-4-2/h1-17H2. The average molecular weight is 254 g/mol. The lowest BCUT2D eigenvalue weighted by molar-refractivity contribution is 0.126. The lowest BCUT2D eigenvalue weighted by atomic mass is 10.1. The fraction of sp³-hybridized carbons (Fsp3) is 0.882. The van der Waals surface area contributed by atoms with Gasteiger partial charge in [0.15, 0.2) is 0 Å². The highest BCUT2D eigenvalue weighted by Gasteiger charge is 1.93. The SMILES string of the molecule is [CH2]CCCCCCCCCCOCCCCC[CH2]. The van der Waals surface area contributed by atoms with Gasteiger partial charge in [-0.2, -0.15) is 0 Å². The fourth-order valence-corrected chi connectivity index (χ4v) is 2.10. The Kier molecular flexibility index (Phi) is 16.9. The molecule has 0 aliphatic rings. The van der Waals surface area contributed by atoms with Crippen molar-refractivity contribution >= 4 is 0 Å². The van der Waals surface area contributed by atoms with E-state index in [2.05, 4.69) is 13.8 Å². The molecule has 1 nitrogen and oxygen atoms in total. The van der Waals surface area contributed by atoms with E-state index in [1.165, 1.54) is 70.6 Å². The van der Waals surface area contributed by atoms with E-state index in [1.54, 1.807) is 0 Å². The van der Waals surface area contributed by atoms with Crippen LogP contribution in [0.2, 0.25) is 0 Å². The molecule has 2 radical (unpaired) electrons. The highest BCUT2D eigenvalue weighted by molar-refractivity contribution is 4.48. The van der Waals surface area contributed by atoms with Crippen LogP contribution in [0.5, 0.6) is 0 Å². The van der Waals surface area contributed by atoms with Crippen molar-refractivity contribution in [3.8, 4) is 0 Å². The monoisotopic (exact) mass is 254 g/mol. The largest absolute Gasteiger partial charge is 0.381 e. The molecular weight excluding hydrogens is 220 g/mol. The molecule has 108 valence electrons. The van der Waals surface area contributed by atoms with Crippen LogP contribution >= 0.6 is 0 Å². The summed E-state index contributed by atoms with van der Waals surface area (Å²) in [5.74, 6) is 0. The van der Waals surface area contributed by atoms with Gasteiger partial charge < -0.3 is 4.74 Å². The van der Waals surface area contributed by atoms with Gasteiger partial charge in [-0.1, -0.05) is 84.5 Å². The van der Waals surface area contributed by atoms with Crippen LogP contribution < -0.4 is 0 Å². The maximum atomic E-state index is 5.61. The van der Waals surface area contributed by atoms with E-state index in [-0.39, 0.29) is 0 Å². The van der Waals surface area contributed by atoms with Crippen molar-refractivity contribution in [3.63, 3.8) is 0 Å². The van der Waals surface area contributed by atoms with Crippen LogP contribution in [0.1, 0.15) is 83.5 Å². The topological polar surface area (TPSA) is 9.23 Å². The van der Waals surface area contributed by atoms with Crippen LogP contribution in [0.4, 0.5) is 0 Å². The zero-order chi connectivity index (χ0) is 13.3. The van der Waals surface area contributed by atoms with E-state index >= 15 is 0 Å². The molecule has 0 saturated heterocycles. The Morgan fingerprint density at radius 1 is 0.444 bits per heavy atom. The van der Waals surface area contributed by atoms with Gasteiger partial charge in [-0.3, -0.25) is 0 Å². The fourth-order valence-electron chi connectivity index (χ4n) is 2.10. The van der Waals surface area contributed by atoms with Crippen LogP contribution in [0, 0.1) is 13.8 Å². The van der Waals surface area contributed by atoms with Gasteiger partial charge in [0.25, 0.3) is 0 Å². The smallest absolute Gasteiger partial charge is 0.0466 e. The summed E-state index contributed by atoms with van der Waals surface area (Å²) >= 11 is 0. The molecule has 1 heteroatoms. The summed E-state index contributed by atoms with van der Waals surface area (Å²) < 4.78 is 5.61. The second kappa shape index (κ2) is 17.0. The lowest BCUT2D eigenvalue weighted by Gasteiger charge is -2.04. The molecule has 0 fully saturated rings. The van der Waals surface area contributed by atoms with E-state index in [4.69, 9.17) is 4.74 Å². The number of hydrogen-bond acceptors (Lipinski definition) is 1. The Hall–Kier alpha value is -0.0400. The van der Waals surface area contributed by atoms with E-state index < -0.39 is 0 Å². The first-order valence-electron chi connectivity index (χ1n) is 8.08. The van der Waals surface area contributed by atoms with Crippen LogP contribution in [0.15, 0.2) is 0 Å². The van der Waals surface area contributed by atoms with Crippen LogP contribution in [0.25, 0.3) is 0 Å². The molecule has 0 rings (SSSR count). The van der Waals surface area contributed by atoms with Gasteiger partial charge in [0.05, 0.1) is 0 Å². The summed E-state index contributed by atoms with van der Waals surface area (Å²) in [5, 5.41) is 0. The first kappa shape index (κ1) is 18.0. The molecule has 0 aliphatic carbocycles. The molecule has 0 saturated carbocycles. The molecule has 0 unspecified atom stereocenters. The minimum absolute atomic E-state index is 0.949. The molecule has 0 amide bonds. The average Bonchev–Trinajstić information content (AvgIpc) is 2.39. The molecular formula is C17H34O. The predicted octanol–water partition coefficient (Wildman–Crippen LogP) is 5.74. The summed E-state index contributed by atoms with van der Waals surface area (Å²) in [5.41, 5.74) is 0. The van der Waals surface area contributed by atoms with Crippen molar-refractivity contribution in [2.24, 2.45) is 0 Å². The third-order valence-corrected chi connectivity index (χ3v) is 3.33. The molecule has 0 atom stereocenters. The van der Waals surface area contributed by atoms with Crippen molar-refractivity contribution in [1.29, 1.82) is 0 Å². The van der Waals surface area contributed by atoms with E-state index in [0.29, 0.717) is 0 Å². The van der Waals surface area contributed by atoms with Crippen molar-refractivity contribution in [3.05, 3.63) is 13.8 Å². The molecule has 0 aliphatic heterocycles. The first-order valence-corrected chi connectivity index (χ1v) is 8.08. The Morgan fingerprint density at radius 3 is 1.22 bits per heavy atom.